The Morgan fingerprint density at radius 1 is 1.39 bits per heavy atom. The Labute approximate surface area is 110 Å². The molecule has 1 atom stereocenters. The van der Waals surface area contributed by atoms with Crippen molar-refractivity contribution < 1.29 is 14.3 Å². The second-order valence-electron chi connectivity index (χ2n) is 5.04. The molecular formula is C14H27NO3. The number of hydrogen-bond acceptors (Lipinski definition) is 4. The summed E-state index contributed by atoms with van der Waals surface area (Å²) in [4.78, 5) is 11.5. The number of ether oxygens (including phenoxy) is 2. The number of unbranched alkanes of at least 4 members (excludes halogenated alkanes) is 1. The van der Waals surface area contributed by atoms with Gasteiger partial charge in [-0.25, -0.2) is 0 Å². The standard InChI is InChI=1S/C14H27NO3/c1-3-4-6-13(14(16)17-2)15-9-5-10-18-11-12-7-8-12/h12-13,15H,3-11H2,1-2H3. The van der Waals surface area contributed by atoms with Gasteiger partial charge in [-0.1, -0.05) is 19.8 Å². The van der Waals surface area contributed by atoms with E-state index in [4.69, 9.17) is 9.47 Å². The Hall–Kier alpha value is -0.610. The maximum absolute atomic E-state index is 11.5. The van der Waals surface area contributed by atoms with Crippen molar-refractivity contribution in [3.8, 4) is 0 Å². The van der Waals surface area contributed by atoms with Crippen LogP contribution in [0.3, 0.4) is 0 Å². The van der Waals surface area contributed by atoms with Crippen molar-refractivity contribution in [1.29, 1.82) is 0 Å². The minimum absolute atomic E-state index is 0.151. The Balaban J connectivity index is 2.01. The Bertz CT molecular complexity index is 229. The summed E-state index contributed by atoms with van der Waals surface area (Å²) in [5, 5.41) is 3.25. The van der Waals surface area contributed by atoms with Gasteiger partial charge < -0.3 is 14.8 Å². The van der Waals surface area contributed by atoms with Gasteiger partial charge in [0.2, 0.25) is 0 Å². The predicted molar refractivity (Wildman–Crippen MR) is 71.5 cm³/mol. The molecule has 0 amide bonds. The van der Waals surface area contributed by atoms with E-state index in [2.05, 4.69) is 12.2 Å². The molecule has 106 valence electrons. The lowest BCUT2D eigenvalue weighted by atomic mass is 10.1. The number of carbonyl (C=O) groups excluding carboxylic acids is 1. The Morgan fingerprint density at radius 2 is 2.17 bits per heavy atom. The van der Waals surface area contributed by atoms with Crippen LogP contribution in [0.2, 0.25) is 0 Å². The normalized spacial score (nSPS) is 16.6. The van der Waals surface area contributed by atoms with Crippen molar-refractivity contribution in [1.82, 2.24) is 5.32 Å². The largest absolute Gasteiger partial charge is 0.468 e. The van der Waals surface area contributed by atoms with Crippen LogP contribution >= 0.6 is 0 Å². The maximum Gasteiger partial charge on any atom is 0.322 e. The molecule has 0 bridgehead atoms. The van der Waals surface area contributed by atoms with Crippen LogP contribution in [0.4, 0.5) is 0 Å². The van der Waals surface area contributed by atoms with Crippen molar-refractivity contribution in [2.75, 3.05) is 26.9 Å². The van der Waals surface area contributed by atoms with Crippen LogP contribution in [0.15, 0.2) is 0 Å². The molecular weight excluding hydrogens is 230 g/mol. The Morgan fingerprint density at radius 3 is 2.78 bits per heavy atom. The molecule has 1 saturated carbocycles. The summed E-state index contributed by atoms with van der Waals surface area (Å²) in [6.45, 7) is 4.63. The second kappa shape index (κ2) is 9.34. The molecule has 1 unspecified atom stereocenters. The molecule has 0 heterocycles. The molecule has 1 aliphatic rings. The van der Waals surface area contributed by atoms with Gasteiger partial charge in [0, 0.05) is 13.2 Å². The van der Waals surface area contributed by atoms with E-state index < -0.39 is 0 Å². The summed E-state index contributed by atoms with van der Waals surface area (Å²) < 4.78 is 10.3. The molecule has 0 spiro atoms. The molecule has 4 nitrogen and oxygen atoms in total. The van der Waals surface area contributed by atoms with Gasteiger partial charge in [0.25, 0.3) is 0 Å². The molecule has 0 saturated heterocycles. The van der Waals surface area contributed by atoms with Gasteiger partial charge in [0.15, 0.2) is 0 Å². The van der Waals surface area contributed by atoms with Gasteiger partial charge in [-0.2, -0.15) is 0 Å². The first-order chi connectivity index (χ1) is 8.77. The number of nitrogens with one attached hydrogen (secondary N) is 1. The first-order valence-corrected chi connectivity index (χ1v) is 7.16. The van der Waals surface area contributed by atoms with Crippen molar-refractivity contribution in [3.63, 3.8) is 0 Å². The zero-order valence-electron chi connectivity index (χ0n) is 11.7. The number of methoxy groups -OCH3 is 1. The van der Waals surface area contributed by atoms with E-state index in [1.54, 1.807) is 0 Å². The maximum atomic E-state index is 11.5. The zero-order valence-corrected chi connectivity index (χ0v) is 11.7. The third kappa shape index (κ3) is 6.97. The summed E-state index contributed by atoms with van der Waals surface area (Å²) in [5.41, 5.74) is 0. The fourth-order valence-corrected chi connectivity index (χ4v) is 1.84. The van der Waals surface area contributed by atoms with Crippen LogP contribution in [0.1, 0.15) is 45.4 Å². The van der Waals surface area contributed by atoms with E-state index >= 15 is 0 Å². The first-order valence-electron chi connectivity index (χ1n) is 7.16. The first kappa shape index (κ1) is 15.4. The van der Waals surface area contributed by atoms with E-state index in [1.165, 1.54) is 20.0 Å². The highest BCUT2D eigenvalue weighted by Crippen LogP contribution is 2.28. The number of carbonyl (C=O) groups is 1. The fraction of sp³-hybridized carbons (Fsp3) is 0.929. The molecule has 0 radical (unpaired) electrons. The minimum atomic E-state index is -0.154. The average molecular weight is 257 g/mol. The highest BCUT2D eigenvalue weighted by molar-refractivity contribution is 5.75. The van der Waals surface area contributed by atoms with Crippen molar-refractivity contribution >= 4 is 5.97 Å². The van der Waals surface area contributed by atoms with Crippen LogP contribution in [0.25, 0.3) is 0 Å². The van der Waals surface area contributed by atoms with Crippen molar-refractivity contribution in [2.24, 2.45) is 5.92 Å². The molecule has 1 N–H and O–H groups in total. The number of rotatable bonds is 11. The monoisotopic (exact) mass is 257 g/mol. The lowest BCUT2D eigenvalue weighted by molar-refractivity contribution is -0.143. The van der Waals surface area contributed by atoms with Crippen LogP contribution in [0, 0.1) is 5.92 Å². The lowest BCUT2D eigenvalue weighted by Gasteiger charge is -2.16. The van der Waals surface area contributed by atoms with Gasteiger partial charge in [0.05, 0.1) is 7.11 Å². The lowest BCUT2D eigenvalue weighted by Crippen LogP contribution is -2.38. The van der Waals surface area contributed by atoms with Crippen LogP contribution in [0.5, 0.6) is 0 Å². The highest BCUT2D eigenvalue weighted by atomic mass is 16.5. The molecule has 18 heavy (non-hydrogen) atoms. The summed E-state index contributed by atoms with van der Waals surface area (Å²) in [6.07, 6.45) is 6.61. The predicted octanol–water partition coefficient (Wildman–Crippen LogP) is 2.12. The van der Waals surface area contributed by atoms with Gasteiger partial charge in [0.1, 0.15) is 6.04 Å². The molecule has 0 aromatic heterocycles. The van der Waals surface area contributed by atoms with Crippen LogP contribution < -0.4 is 5.32 Å². The molecule has 0 aromatic carbocycles. The average Bonchev–Trinajstić information content (AvgIpc) is 3.20. The van der Waals surface area contributed by atoms with Gasteiger partial charge >= 0.3 is 5.97 Å². The quantitative estimate of drug-likeness (QED) is 0.455. The van der Waals surface area contributed by atoms with E-state index in [9.17, 15) is 4.79 Å². The second-order valence-corrected chi connectivity index (χ2v) is 5.04. The zero-order chi connectivity index (χ0) is 13.2. The minimum Gasteiger partial charge on any atom is -0.468 e. The van der Waals surface area contributed by atoms with Gasteiger partial charge in [-0.3, -0.25) is 4.79 Å². The number of esters is 1. The third-order valence-electron chi connectivity index (χ3n) is 3.24. The topological polar surface area (TPSA) is 47.6 Å². The summed E-state index contributed by atoms with van der Waals surface area (Å²) in [5.74, 6) is 0.674. The van der Waals surface area contributed by atoms with Gasteiger partial charge in [-0.15, -0.1) is 0 Å². The van der Waals surface area contributed by atoms with Gasteiger partial charge in [-0.05, 0) is 38.1 Å². The molecule has 1 rings (SSSR count). The molecule has 1 aliphatic carbocycles. The number of hydrogen-bond donors (Lipinski definition) is 1. The van der Waals surface area contributed by atoms with E-state index in [1.807, 2.05) is 0 Å². The highest BCUT2D eigenvalue weighted by Gasteiger charge is 2.21. The molecule has 4 heteroatoms. The summed E-state index contributed by atoms with van der Waals surface area (Å²) >= 11 is 0. The smallest absolute Gasteiger partial charge is 0.322 e. The van der Waals surface area contributed by atoms with Crippen molar-refractivity contribution in [2.45, 2.75) is 51.5 Å². The summed E-state index contributed by atoms with van der Waals surface area (Å²) in [7, 11) is 1.45. The molecule has 0 aromatic rings. The van der Waals surface area contributed by atoms with Crippen LogP contribution in [-0.2, 0) is 14.3 Å². The van der Waals surface area contributed by atoms with Crippen LogP contribution in [-0.4, -0.2) is 38.9 Å². The van der Waals surface area contributed by atoms with E-state index in [0.29, 0.717) is 0 Å². The third-order valence-corrected chi connectivity index (χ3v) is 3.24. The van der Waals surface area contributed by atoms with Crippen molar-refractivity contribution in [3.05, 3.63) is 0 Å². The van der Waals surface area contributed by atoms with E-state index in [0.717, 1.165) is 51.4 Å². The SMILES string of the molecule is CCCCC(NCCCOCC1CC1)C(=O)OC. The summed E-state index contributed by atoms with van der Waals surface area (Å²) in [6, 6.07) is -0.154. The molecule has 1 fully saturated rings. The molecule has 0 aliphatic heterocycles. The Kier molecular flexibility index (Phi) is 8.01. The van der Waals surface area contributed by atoms with E-state index in [-0.39, 0.29) is 12.0 Å². The fourth-order valence-electron chi connectivity index (χ4n) is 1.84.